The molecule has 0 bridgehead atoms. The number of benzene rings is 2. The van der Waals surface area contributed by atoms with E-state index in [9.17, 15) is 4.79 Å². The maximum absolute atomic E-state index is 11.2. The number of nitriles is 1. The van der Waals surface area contributed by atoms with Crippen LogP contribution in [0.3, 0.4) is 0 Å². The van der Waals surface area contributed by atoms with Crippen molar-refractivity contribution in [1.29, 1.82) is 5.26 Å². The molecule has 3 aromatic heterocycles. The fraction of sp³-hybridized carbons (Fsp3) is 0.400. The first-order valence-electron chi connectivity index (χ1n) is 20.0. The van der Waals surface area contributed by atoms with Crippen molar-refractivity contribution in [2.24, 2.45) is 22.1 Å². The molecule has 5 aromatic rings. The van der Waals surface area contributed by atoms with Crippen LogP contribution in [0.5, 0.6) is 5.75 Å². The molecule has 2 saturated carbocycles. The third-order valence-corrected chi connectivity index (χ3v) is 13.2. The molecule has 14 heteroatoms. The quantitative estimate of drug-likeness (QED) is 0.161. The van der Waals surface area contributed by atoms with Gasteiger partial charge in [-0.3, -0.25) is 14.4 Å². The number of halogens is 1. The van der Waals surface area contributed by atoms with Gasteiger partial charge in [-0.25, -0.2) is 0 Å². The molecule has 2 aliphatic heterocycles. The average Bonchev–Trinajstić information content (AvgIpc) is 3.69. The minimum absolute atomic E-state index is 0.185. The monoisotopic (exact) mass is 827 g/mol. The van der Waals surface area contributed by atoms with Gasteiger partial charge in [-0.2, -0.15) is 5.26 Å². The van der Waals surface area contributed by atoms with Crippen molar-refractivity contribution in [3.05, 3.63) is 110 Å². The summed E-state index contributed by atoms with van der Waals surface area (Å²) in [5.74, 6) is 9.95. The Morgan fingerprint density at radius 1 is 1.00 bits per heavy atom. The summed E-state index contributed by atoms with van der Waals surface area (Å²) in [6, 6.07) is 18.9. The Morgan fingerprint density at radius 2 is 1.76 bits per heavy atom. The zero-order chi connectivity index (χ0) is 41.3. The lowest BCUT2D eigenvalue weighted by Crippen LogP contribution is -2.62. The fourth-order valence-electron chi connectivity index (χ4n) is 8.49. The Bertz CT molecular complexity index is 2490. The van der Waals surface area contributed by atoms with Gasteiger partial charge in [-0.1, -0.05) is 42.0 Å². The summed E-state index contributed by atoms with van der Waals surface area (Å²) in [6.07, 6.45) is 8.54. The Balaban J connectivity index is 0.000000254. The molecule has 2 aliphatic carbocycles. The highest BCUT2D eigenvalue weighted by atomic mass is 35.5. The molecule has 1 unspecified atom stereocenters. The molecular formula is C45H46ClN9O3S. The first-order valence-corrected chi connectivity index (χ1v) is 21.2. The number of rotatable bonds is 7. The molecule has 59 heavy (non-hydrogen) atoms. The van der Waals surface area contributed by atoms with Crippen molar-refractivity contribution in [3.8, 4) is 28.7 Å². The summed E-state index contributed by atoms with van der Waals surface area (Å²) in [5, 5.41) is 27.3. The largest absolute Gasteiger partial charge is 0.490 e. The molecule has 2 aromatic carbocycles. The molecule has 1 amide bonds. The number of nitrogens with zero attached hydrogens (tertiary/aromatic N) is 8. The van der Waals surface area contributed by atoms with Crippen LogP contribution in [0.15, 0.2) is 59.6 Å². The minimum atomic E-state index is -0.564. The average molecular weight is 828 g/mol. The van der Waals surface area contributed by atoms with E-state index in [2.05, 4.69) is 79.8 Å². The van der Waals surface area contributed by atoms with Gasteiger partial charge in [0.2, 0.25) is 0 Å². The van der Waals surface area contributed by atoms with Crippen LogP contribution in [0.4, 0.5) is 5.82 Å². The minimum Gasteiger partial charge on any atom is -0.490 e. The number of aryl methyl sites for hydroxylation is 2. The van der Waals surface area contributed by atoms with Crippen LogP contribution in [0, 0.1) is 55.3 Å². The third kappa shape index (κ3) is 8.33. The van der Waals surface area contributed by atoms with Crippen LogP contribution in [-0.2, 0) is 4.74 Å². The molecule has 1 saturated heterocycles. The summed E-state index contributed by atoms with van der Waals surface area (Å²) in [6.45, 7) is 8.60. The Kier molecular flexibility index (Phi) is 11.5. The smallest absolute Gasteiger partial charge is 0.269 e. The van der Waals surface area contributed by atoms with Crippen LogP contribution in [0.2, 0.25) is 5.02 Å². The Morgan fingerprint density at radius 3 is 2.42 bits per heavy atom. The summed E-state index contributed by atoms with van der Waals surface area (Å²) < 4.78 is 13.5. The van der Waals surface area contributed by atoms with E-state index in [1.54, 1.807) is 36.6 Å². The van der Waals surface area contributed by atoms with Gasteiger partial charge in [0.15, 0.2) is 17.3 Å². The topological polar surface area (TPSA) is 157 Å². The summed E-state index contributed by atoms with van der Waals surface area (Å²) in [5.41, 5.74) is 11.6. The van der Waals surface area contributed by atoms with Crippen molar-refractivity contribution in [2.75, 3.05) is 31.7 Å². The van der Waals surface area contributed by atoms with E-state index in [-0.39, 0.29) is 11.7 Å². The van der Waals surface area contributed by atoms with Crippen LogP contribution in [-0.4, -0.2) is 69.5 Å². The molecular weight excluding hydrogens is 782 g/mol. The highest BCUT2D eigenvalue weighted by Crippen LogP contribution is 2.52. The number of ether oxygens (including phenoxy) is 2. The molecule has 302 valence electrons. The van der Waals surface area contributed by atoms with Gasteiger partial charge in [0.05, 0.1) is 29.0 Å². The van der Waals surface area contributed by atoms with Crippen molar-refractivity contribution in [3.63, 3.8) is 0 Å². The molecule has 12 nitrogen and oxygen atoms in total. The zero-order valence-electron chi connectivity index (χ0n) is 33.7. The predicted octanol–water partition coefficient (Wildman–Crippen LogP) is 7.87. The lowest BCUT2D eigenvalue weighted by Gasteiger charge is -2.58. The molecule has 0 radical (unpaired) electrons. The molecule has 2 N–H and O–H groups in total. The molecule has 1 atom stereocenters. The number of thiophene rings is 1. The number of hydrogen-bond acceptors (Lipinski definition) is 11. The van der Waals surface area contributed by atoms with E-state index in [1.807, 2.05) is 25.1 Å². The standard InChI is InChI=1S/C32H32N8O2S.C13H14ClNO/c1-18-19(2)43-31-27(18)28(34-25(15-42-4)30-38-35-20(3)40(30)31)23-9-7-21(8-10-23)5-6-22-13-32(14-22)16-39(17-32)26-12-11-24(29(33)41)36-37-26;14-13-8-12(7-6-10(13)9-15)16-11-4-2-1-3-5-11/h7-12,22,25H,13-17H2,1-4H3,(H2,33,41);6-8,11H,1-5H2. The van der Waals surface area contributed by atoms with E-state index in [0.29, 0.717) is 34.6 Å². The van der Waals surface area contributed by atoms with Gasteiger partial charge < -0.3 is 20.1 Å². The second-order valence-electron chi connectivity index (χ2n) is 15.9. The molecule has 1 spiro atoms. The van der Waals surface area contributed by atoms with E-state index in [1.165, 1.54) is 29.7 Å². The predicted molar refractivity (Wildman–Crippen MR) is 229 cm³/mol. The molecule has 5 heterocycles. The van der Waals surface area contributed by atoms with E-state index >= 15 is 0 Å². The SMILES string of the molecule is COCC1N=C(c2ccc(C#CC3CC4(C3)CN(c3ccc(C(N)=O)nn3)C4)cc2)c2c(sc(C)c2C)-n2c(C)nnc21.N#Cc1ccc(OC2CCCCC2)cc1Cl. The maximum atomic E-state index is 11.2. The number of nitrogens with two attached hydrogens (primary N) is 1. The number of hydrogen-bond donors (Lipinski definition) is 1. The number of aliphatic imine (C=N–C) groups is 1. The highest BCUT2D eigenvalue weighted by molar-refractivity contribution is 7.15. The van der Waals surface area contributed by atoms with Crippen molar-refractivity contribution in [1.82, 2.24) is 25.0 Å². The summed E-state index contributed by atoms with van der Waals surface area (Å²) in [4.78, 5) is 19.9. The Labute approximate surface area is 353 Å². The number of aromatic nitrogens is 5. The van der Waals surface area contributed by atoms with Gasteiger partial charge in [0.25, 0.3) is 5.91 Å². The third-order valence-electron chi connectivity index (χ3n) is 11.7. The van der Waals surface area contributed by atoms with E-state index in [0.717, 1.165) is 89.4 Å². The molecule has 4 aliphatic rings. The van der Waals surface area contributed by atoms with Gasteiger partial charge >= 0.3 is 0 Å². The fourth-order valence-corrected chi connectivity index (χ4v) is 9.91. The lowest BCUT2D eigenvalue weighted by atomic mass is 9.58. The van der Waals surface area contributed by atoms with Gasteiger partial charge in [0, 0.05) is 59.2 Å². The number of primary amides is 1. The second kappa shape index (κ2) is 16.9. The molecule has 3 fully saturated rings. The number of anilines is 1. The summed E-state index contributed by atoms with van der Waals surface area (Å²) in [7, 11) is 1.69. The number of fused-ring (bicyclic) bond motifs is 3. The van der Waals surface area contributed by atoms with Gasteiger partial charge in [0.1, 0.15) is 28.7 Å². The number of carbonyl (C=O) groups excluding carboxylic acids is 1. The van der Waals surface area contributed by atoms with Crippen molar-refractivity contribution < 1.29 is 14.3 Å². The van der Waals surface area contributed by atoms with Crippen LogP contribution >= 0.6 is 22.9 Å². The Hall–Kier alpha value is -5.60. The van der Waals surface area contributed by atoms with Crippen LogP contribution < -0.4 is 15.4 Å². The number of carbonyl (C=O) groups is 1. The highest BCUT2D eigenvalue weighted by Gasteiger charge is 2.52. The normalized spacial score (nSPS) is 18.0. The maximum Gasteiger partial charge on any atom is 0.269 e. The van der Waals surface area contributed by atoms with Crippen LogP contribution in [0.1, 0.15) is 106 Å². The van der Waals surface area contributed by atoms with Gasteiger partial charge in [-0.15, -0.1) is 31.7 Å². The number of methoxy groups -OCH3 is 1. The summed E-state index contributed by atoms with van der Waals surface area (Å²) >= 11 is 7.70. The lowest BCUT2D eigenvalue weighted by molar-refractivity contribution is 0.0521. The van der Waals surface area contributed by atoms with Gasteiger partial charge in [-0.05, 0) is 101 Å². The second-order valence-corrected chi connectivity index (χ2v) is 17.5. The van der Waals surface area contributed by atoms with Crippen molar-refractivity contribution in [2.45, 2.75) is 77.9 Å². The first kappa shape index (κ1) is 40.2. The number of amides is 1. The van der Waals surface area contributed by atoms with E-state index < -0.39 is 5.91 Å². The first-order chi connectivity index (χ1) is 28.5. The zero-order valence-corrected chi connectivity index (χ0v) is 35.2. The molecule has 9 rings (SSSR count). The van der Waals surface area contributed by atoms with Crippen LogP contribution in [0.25, 0.3) is 5.00 Å². The van der Waals surface area contributed by atoms with E-state index in [4.69, 9.17) is 37.1 Å². The van der Waals surface area contributed by atoms with Crippen molar-refractivity contribution >= 4 is 40.4 Å².